The summed E-state index contributed by atoms with van der Waals surface area (Å²) in [6, 6.07) is 14.2. The summed E-state index contributed by atoms with van der Waals surface area (Å²) in [5.41, 5.74) is 1.98. The molecule has 0 aliphatic heterocycles. The van der Waals surface area contributed by atoms with Gasteiger partial charge in [-0.2, -0.15) is 0 Å². The van der Waals surface area contributed by atoms with E-state index in [0.29, 0.717) is 19.0 Å². The van der Waals surface area contributed by atoms with Gasteiger partial charge in [-0.25, -0.2) is 13.6 Å². The lowest BCUT2D eigenvalue weighted by atomic mass is 10.2. The van der Waals surface area contributed by atoms with E-state index in [1.54, 1.807) is 26.3 Å². The predicted octanol–water partition coefficient (Wildman–Crippen LogP) is 1.83. The van der Waals surface area contributed by atoms with Crippen molar-refractivity contribution >= 4 is 40.0 Å². The maximum absolute atomic E-state index is 11.2. The molecule has 0 heterocycles. The summed E-state index contributed by atoms with van der Waals surface area (Å²) in [4.78, 5) is 4.26. The van der Waals surface area contributed by atoms with E-state index in [0.717, 1.165) is 16.9 Å². The lowest BCUT2D eigenvalue weighted by molar-refractivity contribution is 0.414. The minimum absolute atomic E-state index is 0. The largest absolute Gasteiger partial charge is 0.497 e. The summed E-state index contributed by atoms with van der Waals surface area (Å²) in [5, 5.41) is 11.5. The number of hydrogen-bond donors (Lipinski definition) is 3. The Labute approximate surface area is 171 Å². The van der Waals surface area contributed by atoms with Crippen molar-refractivity contribution in [2.45, 2.75) is 18.0 Å². The van der Waals surface area contributed by atoms with Crippen molar-refractivity contribution in [1.29, 1.82) is 0 Å². The lowest BCUT2D eigenvalue weighted by Gasteiger charge is -2.12. The highest BCUT2D eigenvalue weighted by Crippen LogP contribution is 2.12. The van der Waals surface area contributed by atoms with Crippen LogP contribution in [-0.2, 0) is 23.1 Å². The molecule has 0 atom stereocenters. The van der Waals surface area contributed by atoms with Crippen molar-refractivity contribution in [3.63, 3.8) is 0 Å². The number of hydrogen-bond acceptors (Lipinski definition) is 4. The zero-order valence-corrected chi connectivity index (χ0v) is 17.7. The summed E-state index contributed by atoms with van der Waals surface area (Å²) in [7, 11) is -0.349. The molecule has 0 unspecified atom stereocenters. The highest BCUT2D eigenvalue weighted by atomic mass is 127. The third-order valence-corrected chi connectivity index (χ3v) is 4.46. The van der Waals surface area contributed by atoms with E-state index in [1.807, 2.05) is 24.3 Å². The maximum atomic E-state index is 11.2. The molecule has 4 N–H and O–H groups in total. The van der Waals surface area contributed by atoms with E-state index in [4.69, 9.17) is 9.88 Å². The Kier molecular flexibility index (Phi) is 8.82. The van der Waals surface area contributed by atoms with Crippen LogP contribution in [0.1, 0.15) is 11.1 Å². The first-order chi connectivity index (χ1) is 11.9. The molecule has 142 valence electrons. The smallest absolute Gasteiger partial charge is 0.238 e. The summed E-state index contributed by atoms with van der Waals surface area (Å²) >= 11 is 0. The summed E-state index contributed by atoms with van der Waals surface area (Å²) in [5.74, 6) is 1.44. The van der Waals surface area contributed by atoms with E-state index in [9.17, 15) is 8.42 Å². The lowest BCUT2D eigenvalue weighted by Crippen LogP contribution is -2.36. The molecule has 0 bridgehead atoms. The Hall–Kier alpha value is -1.85. The zero-order chi connectivity index (χ0) is 18.3. The fraction of sp³-hybridized carbons (Fsp3) is 0.235. The predicted molar refractivity (Wildman–Crippen MR) is 113 cm³/mol. The molecule has 0 spiro atoms. The second kappa shape index (κ2) is 10.3. The van der Waals surface area contributed by atoms with E-state index in [2.05, 4.69) is 15.6 Å². The number of aliphatic imine (C=N–C) groups is 1. The van der Waals surface area contributed by atoms with Gasteiger partial charge in [0.25, 0.3) is 0 Å². The number of nitrogens with one attached hydrogen (secondary N) is 2. The van der Waals surface area contributed by atoms with Crippen molar-refractivity contribution in [1.82, 2.24) is 10.6 Å². The van der Waals surface area contributed by atoms with Crippen LogP contribution in [0.15, 0.2) is 58.4 Å². The molecule has 0 radical (unpaired) electrons. The number of halogens is 1. The van der Waals surface area contributed by atoms with E-state index in [-0.39, 0.29) is 28.9 Å². The molecule has 2 aromatic rings. The molecule has 0 aromatic heterocycles. The molecular weight excluding hydrogens is 467 g/mol. The van der Waals surface area contributed by atoms with Crippen LogP contribution in [0.2, 0.25) is 0 Å². The van der Waals surface area contributed by atoms with Gasteiger partial charge in [0.15, 0.2) is 5.96 Å². The van der Waals surface area contributed by atoms with Crippen molar-refractivity contribution in [3.8, 4) is 5.75 Å². The van der Waals surface area contributed by atoms with E-state index >= 15 is 0 Å². The van der Waals surface area contributed by atoms with Gasteiger partial charge in [0.05, 0.1) is 12.0 Å². The average Bonchev–Trinajstić information content (AvgIpc) is 2.61. The van der Waals surface area contributed by atoms with Gasteiger partial charge in [-0.15, -0.1) is 24.0 Å². The third-order valence-electron chi connectivity index (χ3n) is 3.53. The second-order valence-corrected chi connectivity index (χ2v) is 6.88. The van der Waals surface area contributed by atoms with Crippen molar-refractivity contribution in [2.24, 2.45) is 10.1 Å². The summed E-state index contributed by atoms with van der Waals surface area (Å²) in [6.07, 6.45) is 0. The number of rotatable bonds is 6. The van der Waals surface area contributed by atoms with Gasteiger partial charge in [-0.3, -0.25) is 4.99 Å². The van der Waals surface area contributed by atoms with Gasteiger partial charge in [0, 0.05) is 20.1 Å². The number of guanidine groups is 1. The molecule has 26 heavy (non-hydrogen) atoms. The maximum Gasteiger partial charge on any atom is 0.238 e. The highest BCUT2D eigenvalue weighted by Gasteiger charge is 2.07. The Bertz CT molecular complexity index is 839. The van der Waals surface area contributed by atoms with Crippen LogP contribution in [0.4, 0.5) is 0 Å². The Morgan fingerprint density at radius 1 is 1.08 bits per heavy atom. The number of ether oxygens (including phenoxy) is 1. The number of methoxy groups -OCH3 is 1. The van der Waals surface area contributed by atoms with Gasteiger partial charge < -0.3 is 15.4 Å². The molecule has 0 aliphatic rings. The van der Waals surface area contributed by atoms with Gasteiger partial charge in [-0.1, -0.05) is 24.3 Å². The third kappa shape index (κ3) is 6.81. The minimum atomic E-state index is -3.67. The van der Waals surface area contributed by atoms with Gasteiger partial charge >= 0.3 is 0 Å². The topological polar surface area (TPSA) is 106 Å². The van der Waals surface area contributed by atoms with E-state index in [1.165, 1.54) is 12.1 Å². The van der Waals surface area contributed by atoms with Crippen molar-refractivity contribution in [3.05, 3.63) is 59.7 Å². The van der Waals surface area contributed by atoms with Crippen molar-refractivity contribution < 1.29 is 13.2 Å². The first kappa shape index (κ1) is 22.2. The molecule has 0 aliphatic carbocycles. The quantitative estimate of drug-likeness (QED) is 0.326. The van der Waals surface area contributed by atoms with Crippen LogP contribution in [0, 0.1) is 0 Å². The SMILES string of the molecule is CN=C(NCc1ccc(S(N)(=O)=O)cc1)NCc1cccc(OC)c1.I. The minimum Gasteiger partial charge on any atom is -0.497 e. The first-order valence-electron chi connectivity index (χ1n) is 7.61. The van der Waals surface area contributed by atoms with E-state index < -0.39 is 10.0 Å². The number of primary sulfonamides is 1. The van der Waals surface area contributed by atoms with Crippen molar-refractivity contribution in [2.75, 3.05) is 14.2 Å². The number of nitrogens with zero attached hydrogens (tertiary/aromatic N) is 1. The molecule has 0 fully saturated rings. The molecule has 7 nitrogen and oxygen atoms in total. The Morgan fingerprint density at radius 3 is 2.23 bits per heavy atom. The Balaban J connectivity index is 0.00000338. The van der Waals surface area contributed by atoms with Crippen LogP contribution in [0.25, 0.3) is 0 Å². The van der Waals surface area contributed by atoms with Crippen LogP contribution < -0.4 is 20.5 Å². The summed E-state index contributed by atoms with van der Waals surface area (Å²) < 4.78 is 27.7. The molecule has 2 rings (SSSR count). The van der Waals surface area contributed by atoms with Gasteiger partial charge in [0.1, 0.15) is 5.75 Å². The number of nitrogens with two attached hydrogens (primary N) is 1. The van der Waals surface area contributed by atoms with Crippen LogP contribution in [0.3, 0.4) is 0 Å². The average molecular weight is 490 g/mol. The second-order valence-electron chi connectivity index (χ2n) is 5.32. The van der Waals surface area contributed by atoms with Gasteiger partial charge in [0.2, 0.25) is 10.0 Å². The van der Waals surface area contributed by atoms with Crippen LogP contribution in [0.5, 0.6) is 5.75 Å². The Morgan fingerprint density at radius 2 is 1.69 bits per heavy atom. The van der Waals surface area contributed by atoms with Crippen LogP contribution in [-0.4, -0.2) is 28.5 Å². The molecule has 0 amide bonds. The normalized spacial score (nSPS) is 11.4. The summed E-state index contributed by atoms with van der Waals surface area (Å²) in [6.45, 7) is 1.10. The number of benzene rings is 2. The molecular formula is C17H23IN4O3S. The highest BCUT2D eigenvalue weighted by molar-refractivity contribution is 14.0. The number of sulfonamides is 1. The molecule has 9 heteroatoms. The standard InChI is InChI=1S/C17H22N4O3S.HI/c1-19-17(21-12-14-4-3-5-15(10-14)24-2)20-11-13-6-8-16(9-7-13)25(18,22)23;/h3-10H,11-12H2,1-2H3,(H2,18,22,23)(H2,19,20,21);1H. The molecule has 0 saturated carbocycles. The monoisotopic (exact) mass is 490 g/mol. The molecule has 2 aromatic carbocycles. The van der Waals surface area contributed by atoms with Crippen LogP contribution >= 0.6 is 24.0 Å². The first-order valence-corrected chi connectivity index (χ1v) is 9.16. The fourth-order valence-electron chi connectivity index (χ4n) is 2.17. The molecule has 0 saturated heterocycles. The zero-order valence-electron chi connectivity index (χ0n) is 14.6. The van der Waals surface area contributed by atoms with Gasteiger partial charge in [-0.05, 0) is 35.4 Å². The fourth-order valence-corrected chi connectivity index (χ4v) is 2.69.